The molecule has 6 heteroatoms. The lowest BCUT2D eigenvalue weighted by Crippen LogP contribution is -2.28. The van der Waals surface area contributed by atoms with E-state index in [1.165, 1.54) is 0 Å². The highest BCUT2D eigenvalue weighted by Crippen LogP contribution is 2.39. The number of furan rings is 1. The van der Waals surface area contributed by atoms with Crippen molar-refractivity contribution in [2.75, 3.05) is 33.6 Å². The van der Waals surface area contributed by atoms with Gasteiger partial charge in [0.05, 0.1) is 20.0 Å². The number of methoxy groups -OCH3 is 2. The predicted octanol–water partition coefficient (Wildman–Crippen LogP) is 3.79. The van der Waals surface area contributed by atoms with E-state index in [0.717, 1.165) is 35.0 Å². The summed E-state index contributed by atoms with van der Waals surface area (Å²) >= 11 is 1.67. The highest BCUT2D eigenvalue weighted by Gasteiger charge is 2.31. The molecule has 0 N–H and O–H groups in total. The molecule has 1 aromatic carbocycles. The van der Waals surface area contributed by atoms with Gasteiger partial charge in [-0.1, -0.05) is 12.1 Å². The highest BCUT2D eigenvalue weighted by atomic mass is 32.2. The van der Waals surface area contributed by atoms with Crippen molar-refractivity contribution < 1.29 is 18.7 Å². The number of thioether (sulfide) groups is 1. The van der Waals surface area contributed by atoms with Gasteiger partial charge in [0.15, 0.2) is 17.3 Å². The van der Waals surface area contributed by atoms with E-state index in [0.29, 0.717) is 18.8 Å². The van der Waals surface area contributed by atoms with Crippen LogP contribution in [0.3, 0.4) is 0 Å². The Hall–Kier alpha value is -2.08. The Labute approximate surface area is 152 Å². The molecule has 0 bridgehead atoms. The Morgan fingerprint density at radius 2 is 2.12 bits per heavy atom. The van der Waals surface area contributed by atoms with Crippen molar-refractivity contribution in [1.29, 1.82) is 0 Å². The first-order valence-corrected chi connectivity index (χ1v) is 9.65. The molecule has 1 fully saturated rings. The topological polar surface area (TPSA) is 51.9 Å². The fourth-order valence-corrected chi connectivity index (χ4v) is 3.74. The Bertz CT molecular complexity index is 743. The molecule has 1 aliphatic heterocycles. The van der Waals surface area contributed by atoms with Gasteiger partial charge >= 0.3 is 0 Å². The maximum absolute atomic E-state index is 12.7. The second-order valence-electron chi connectivity index (χ2n) is 6.02. The van der Waals surface area contributed by atoms with Crippen molar-refractivity contribution in [3.05, 3.63) is 47.4 Å². The molecule has 3 rings (SSSR count). The molecule has 2 heterocycles. The monoisotopic (exact) mass is 361 g/mol. The number of carbonyl (C=O) groups is 1. The summed E-state index contributed by atoms with van der Waals surface area (Å²) in [6, 6.07) is 9.54. The van der Waals surface area contributed by atoms with Gasteiger partial charge in [-0.25, -0.2) is 0 Å². The predicted molar refractivity (Wildman–Crippen MR) is 98.7 cm³/mol. The zero-order valence-corrected chi connectivity index (χ0v) is 15.6. The van der Waals surface area contributed by atoms with Gasteiger partial charge in [0.2, 0.25) is 0 Å². The number of benzene rings is 1. The zero-order chi connectivity index (χ0) is 17.8. The number of ether oxygens (including phenoxy) is 2. The molecule has 2 aromatic rings. The average Bonchev–Trinajstić information content (AvgIpc) is 3.30. The van der Waals surface area contributed by atoms with Crippen LogP contribution in [-0.2, 0) is 5.75 Å². The molecule has 1 aromatic heterocycles. The van der Waals surface area contributed by atoms with Crippen LogP contribution in [0.25, 0.3) is 0 Å². The molecule has 0 aliphatic carbocycles. The second-order valence-corrected chi connectivity index (χ2v) is 6.88. The molecule has 1 aliphatic rings. The minimum atomic E-state index is -0.0447. The zero-order valence-electron chi connectivity index (χ0n) is 14.8. The quantitative estimate of drug-likeness (QED) is 0.783. The van der Waals surface area contributed by atoms with Crippen LogP contribution >= 0.6 is 11.8 Å². The molecule has 5 nitrogen and oxygen atoms in total. The van der Waals surface area contributed by atoms with Gasteiger partial charge < -0.3 is 18.8 Å². The Kier molecular flexibility index (Phi) is 5.58. The SMILES string of the molecule is COc1cccc([C@@H]2CCN(C(=O)c3ccc(CSC)o3)C2)c1OC. The standard InChI is InChI=1S/C19H23NO4S/c1-22-16-6-4-5-15(18(16)23-2)13-9-10-20(11-13)19(21)17-8-7-14(24-17)12-25-3/h4-8,13H,9-12H2,1-3H3/t13-/m1/s1. The van der Waals surface area contributed by atoms with E-state index in [9.17, 15) is 4.79 Å². The van der Waals surface area contributed by atoms with E-state index in [2.05, 4.69) is 0 Å². The fraction of sp³-hybridized carbons (Fsp3) is 0.421. The lowest BCUT2D eigenvalue weighted by molar-refractivity contribution is 0.0757. The summed E-state index contributed by atoms with van der Waals surface area (Å²) in [4.78, 5) is 14.5. The van der Waals surface area contributed by atoms with E-state index >= 15 is 0 Å². The molecule has 1 amide bonds. The Balaban J connectivity index is 1.74. The van der Waals surface area contributed by atoms with Crippen LogP contribution in [-0.4, -0.2) is 44.4 Å². The first-order valence-electron chi connectivity index (χ1n) is 8.25. The van der Waals surface area contributed by atoms with Crippen molar-refractivity contribution in [2.24, 2.45) is 0 Å². The number of carbonyl (C=O) groups excluding carboxylic acids is 1. The van der Waals surface area contributed by atoms with Gasteiger partial charge in [0.25, 0.3) is 5.91 Å². The first-order chi connectivity index (χ1) is 12.2. The second kappa shape index (κ2) is 7.87. The number of amides is 1. The van der Waals surface area contributed by atoms with Gasteiger partial charge in [0.1, 0.15) is 5.76 Å². The van der Waals surface area contributed by atoms with Gasteiger partial charge in [-0.3, -0.25) is 4.79 Å². The number of hydrogen-bond acceptors (Lipinski definition) is 5. The summed E-state index contributed by atoms with van der Waals surface area (Å²) in [5.41, 5.74) is 1.08. The van der Waals surface area contributed by atoms with Gasteiger partial charge in [-0.2, -0.15) is 11.8 Å². The molecular formula is C19H23NO4S. The van der Waals surface area contributed by atoms with Gasteiger partial charge in [-0.15, -0.1) is 0 Å². The Morgan fingerprint density at radius 1 is 1.28 bits per heavy atom. The molecule has 134 valence electrons. The third kappa shape index (κ3) is 3.63. The molecule has 0 unspecified atom stereocenters. The summed E-state index contributed by atoms with van der Waals surface area (Å²) in [7, 11) is 3.28. The van der Waals surface area contributed by atoms with Crippen LogP contribution in [0, 0.1) is 0 Å². The smallest absolute Gasteiger partial charge is 0.289 e. The minimum Gasteiger partial charge on any atom is -0.493 e. The maximum atomic E-state index is 12.7. The van der Waals surface area contributed by atoms with Crippen LogP contribution in [0.15, 0.2) is 34.7 Å². The molecule has 0 radical (unpaired) electrons. The van der Waals surface area contributed by atoms with Gasteiger partial charge in [-0.05, 0) is 30.9 Å². The summed E-state index contributed by atoms with van der Waals surface area (Å²) in [5, 5.41) is 0. The number of likely N-dealkylation sites (tertiary alicyclic amines) is 1. The number of nitrogens with zero attached hydrogens (tertiary/aromatic N) is 1. The van der Waals surface area contributed by atoms with Crippen LogP contribution in [0.2, 0.25) is 0 Å². The molecule has 1 saturated heterocycles. The van der Waals surface area contributed by atoms with E-state index in [1.807, 2.05) is 35.4 Å². The normalized spacial score (nSPS) is 16.9. The number of rotatable bonds is 6. The summed E-state index contributed by atoms with van der Waals surface area (Å²) < 4.78 is 16.6. The summed E-state index contributed by atoms with van der Waals surface area (Å²) in [6.45, 7) is 1.36. The van der Waals surface area contributed by atoms with Crippen molar-refractivity contribution in [2.45, 2.75) is 18.1 Å². The molecule has 0 saturated carbocycles. The van der Waals surface area contributed by atoms with E-state index < -0.39 is 0 Å². The largest absolute Gasteiger partial charge is 0.493 e. The van der Waals surface area contributed by atoms with Crippen LogP contribution < -0.4 is 9.47 Å². The van der Waals surface area contributed by atoms with Crippen molar-refractivity contribution >= 4 is 17.7 Å². The molecular weight excluding hydrogens is 338 g/mol. The van der Waals surface area contributed by atoms with Gasteiger partial charge in [0, 0.05) is 24.6 Å². The van der Waals surface area contributed by atoms with Crippen LogP contribution in [0.4, 0.5) is 0 Å². The lowest BCUT2D eigenvalue weighted by Gasteiger charge is -2.18. The van der Waals surface area contributed by atoms with E-state index in [-0.39, 0.29) is 11.8 Å². The van der Waals surface area contributed by atoms with E-state index in [4.69, 9.17) is 13.9 Å². The van der Waals surface area contributed by atoms with Crippen molar-refractivity contribution in [1.82, 2.24) is 4.90 Å². The van der Waals surface area contributed by atoms with Crippen molar-refractivity contribution in [3.63, 3.8) is 0 Å². The minimum absolute atomic E-state index is 0.0447. The summed E-state index contributed by atoms with van der Waals surface area (Å²) in [5.74, 6) is 3.69. The van der Waals surface area contributed by atoms with Crippen molar-refractivity contribution in [3.8, 4) is 11.5 Å². The molecule has 25 heavy (non-hydrogen) atoms. The summed E-state index contributed by atoms with van der Waals surface area (Å²) in [6.07, 6.45) is 2.91. The highest BCUT2D eigenvalue weighted by molar-refractivity contribution is 7.97. The van der Waals surface area contributed by atoms with E-state index in [1.54, 1.807) is 32.0 Å². The lowest BCUT2D eigenvalue weighted by atomic mass is 9.97. The Morgan fingerprint density at radius 3 is 2.84 bits per heavy atom. The average molecular weight is 361 g/mol. The number of para-hydroxylation sites is 1. The molecule has 1 atom stereocenters. The third-order valence-electron chi connectivity index (χ3n) is 4.51. The third-order valence-corrected chi connectivity index (χ3v) is 5.08. The fourth-order valence-electron chi connectivity index (χ4n) is 3.30. The maximum Gasteiger partial charge on any atom is 0.289 e. The number of hydrogen-bond donors (Lipinski definition) is 0. The first kappa shape index (κ1) is 17.7. The van der Waals surface area contributed by atoms with Crippen LogP contribution in [0.5, 0.6) is 11.5 Å². The van der Waals surface area contributed by atoms with Crippen LogP contribution in [0.1, 0.15) is 34.2 Å². The molecule has 0 spiro atoms.